The lowest BCUT2D eigenvalue weighted by atomic mass is 10.0. The minimum atomic E-state index is -2.36. The van der Waals surface area contributed by atoms with E-state index in [9.17, 15) is 8.42 Å². The van der Waals surface area contributed by atoms with E-state index < -0.39 is 10.7 Å². The molecule has 1 aromatic carbocycles. The van der Waals surface area contributed by atoms with Crippen molar-refractivity contribution in [3.63, 3.8) is 0 Å². The maximum atomic E-state index is 10.7. The maximum Gasteiger partial charge on any atom is 0.144 e. The minimum Gasteiger partial charge on any atom is -0.232 e. The molecule has 0 heterocycles. The van der Waals surface area contributed by atoms with Crippen LogP contribution in [0.2, 0.25) is 0 Å². The molecule has 0 N–H and O–H groups in total. The number of hydrogen-bond acceptors (Lipinski definition) is 2. The molecule has 1 atom stereocenters. The second kappa shape index (κ2) is 6.01. The van der Waals surface area contributed by atoms with Crippen LogP contribution in [0.15, 0.2) is 22.7 Å². The molecule has 1 unspecified atom stereocenters. The van der Waals surface area contributed by atoms with Crippen molar-refractivity contribution in [2.75, 3.05) is 0 Å². The van der Waals surface area contributed by atoms with Crippen LogP contribution in [0.4, 0.5) is 0 Å². The molecule has 0 saturated carbocycles. The Morgan fingerprint density at radius 3 is 2.53 bits per heavy atom. The highest BCUT2D eigenvalue weighted by atomic mass is 79.9. The molecule has 0 aliphatic heterocycles. The summed E-state index contributed by atoms with van der Waals surface area (Å²) in [4.78, 5) is 0.343. The number of benzene rings is 1. The van der Waals surface area contributed by atoms with E-state index in [1.54, 1.807) is 0 Å². The molecule has 0 aromatic heterocycles. The van der Waals surface area contributed by atoms with Crippen molar-refractivity contribution in [3.8, 4) is 0 Å². The molecule has 0 fully saturated rings. The van der Waals surface area contributed by atoms with Crippen molar-refractivity contribution >= 4 is 42.6 Å². The van der Waals surface area contributed by atoms with Crippen molar-refractivity contribution in [1.29, 1.82) is 0 Å². The molecular formula is C10H12Br2O2S. The Morgan fingerprint density at radius 1 is 1.33 bits per heavy atom. The minimum absolute atomic E-state index is 0.123. The average Bonchev–Trinajstić information content (AvgIpc) is 2.08. The molecule has 2 nitrogen and oxygen atoms in total. The molecule has 1 aromatic rings. The molecule has 0 bridgehead atoms. The number of halogens is 2. The van der Waals surface area contributed by atoms with Gasteiger partial charge in [-0.15, -0.1) is 0 Å². The van der Waals surface area contributed by atoms with Gasteiger partial charge in [-0.2, -0.15) is 0 Å². The molecule has 0 radical (unpaired) electrons. The summed E-state index contributed by atoms with van der Waals surface area (Å²) in [7, 11) is -2.36. The van der Waals surface area contributed by atoms with Crippen molar-refractivity contribution in [1.82, 2.24) is 0 Å². The van der Waals surface area contributed by atoms with Crippen LogP contribution in [0, 0.1) is 0 Å². The fraction of sp³-hybridized carbons (Fsp3) is 0.400. The quantitative estimate of drug-likeness (QED) is 0.665. The molecule has 15 heavy (non-hydrogen) atoms. The first-order valence-electron chi connectivity index (χ1n) is 4.52. The lowest BCUT2D eigenvalue weighted by Gasteiger charge is -2.09. The summed E-state index contributed by atoms with van der Waals surface area (Å²) < 4.78 is 22.4. The molecular weight excluding hydrogens is 344 g/mol. The summed E-state index contributed by atoms with van der Waals surface area (Å²) >= 11 is 6.86. The van der Waals surface area contributed by atoms with Gasteiger partial charge >= 0.3 is 0 Å². The second-order valence-electron chi connectivity index (χ2n) is 3.39. The van der Waals surface area contributed by atoms with Gasteiger partial charge in [-0.05, 0) is 29.7 Å². The Balaban J connectivity index is 3.02. The van der Waals surface area contributed by atoms with Gasteiger partial charge in [-0.25, -0.2) is 8.42 Å². The fourth-order valence-electron chi connectivity index (χ4n) is 1.38. The fourth-order valence-corrected chi connectivity index (χ4v) is 2.72. The standard InChI is InChI=1S/C10H12Br2O2S/c1-7(11)4-9-5-10(12)3-2-8(9)6-15(13)14/h2-3,5,7,15H,4,6H2,1H3. The van der Waals surface area contributed by atoms with Crippen LogP contribution in [0.5, 0.6) is 0 Å². The maximum absolute atomic E-state index is 10.7. The largest absolute Gasteiger partial charge is 0.232 e. The Labute approximate surface area is 108 Å². The first-order valence-corrected chi connectivity index (χ1v) is 7.59. The highest BCUT2D eigenvalue weighted by molar-refractivity contribution is 9.10. The van der Waals surface area contributed by atoms with Gasteiger partial charge in [0, 0.05) is 9.30 Å². The van der Waals surface area contributed by atoms with E-state index in [-0.39, 0.29) is 5.75 Å². The topological polar surface area (TPSA) is 34.1 Å². The van der Waals surface area contributed by atoms with E-state index in [1.807, 2.05) is 25.1 Å². The van der Waals surface area contributed by atoms with Crippen LogP contribution in [-0.4, -0.2) is 13.2 Å². The van der Waals surface area contributed by atoms with Gasteiger partial charge in [0.15, 0.2) is 0 Å². The Bertz CT molecular complexity index is 406. The number of thiol groups is 1. The molecule has 0 saturated heterocycles. The molecule has 1 rings (SSSR count). The molecule has 0 amide bonds. The zero-order valence-corrected chi connectivity index (χ0v) is 12.3. The van der Waals surface area contributed by atoms with E-state index in [1.165, 1.54) is 0 Å². The molecule has 5 heteroatoms. The predicted molar refractivity (Wildman–Crippen MR) is 70.3 cm³/mol. The van der Waals surface area contributed by atoms with Gasteiger partial charge in [-0.1, -0.05) is 44.8 Å². The number of alkyl halides is 1. The molecule has 0 spiro atoms. The van der Waals surface area contributed by atoms with Gasteiger partial charge in [-0.3, -0.25) is 0 Å². The van der Waals surface area contributed by atoms with Crippen molar-refractivity contribution in [3.05, 3.63) is 33.8 Å². The third kappa shape index (κ3) is 4.66. The van der Waals surface area contributed by atoms with Crippen LogP contribution in [0.3, 0.4) is 0 Å². The van der Waals surface area contributed by atoms with Crippen LogP contribution >= 0.6 is 31.9 Å². The number of rotatable bonds is 4. The summed E-state index contributed by atoms with van der Waals surface area (Å²) in [6.45, 7) is 2.04. The van der Waals surface area contributed by atoms with Crippen molar-refractivity contribution in [2.45, 2.75) is 23.9 Å². The average molecular weight is 356 g/mol. The van der Waals surface area contributed by atoms with Crippen LogP contribution in [0.1, 0.15) is 18.1 Å². The van der Waals surface area contributed by atoms with Gasteiger partial charge in [0.1, 0.15) is 10.7 Å². The molecule has 84 valence electrons. The summed E-state index contributed by atoms with van der Waals surface area (Å²) in [6.07, 6.45) is 0.831. The first-order chi connectivity index (χ1) is 6.99. The van der Waals surface area contributed by atoms with Crippen molar-refractivity contribution in [2.24, 2.45) is 0 Å². The Kier molecular flexibility index (Phi) is 5.29. The SMILES string of the molecule is CC(Br)Cc1cc(Br)ccc1C[SH](=O)=O. The normalized spacial score (nSPS) is 13.1. The Hall–Kier alpha value is 0.130. The highest BCUT2D eigenvalue weighted by Gasteiger charge is 2.07. The predicted octanol–water partition coefficient (Wildman–Crippen LogP) is 2.89. The number of hydrogen-bond donors (Lipinski definition) is 1. The lowest BCUT2D eigenvalue weighted by molar-refractivity contribution is 0.613. The summed E-state index contributed by atoms with van der Waals surface area (Å²) in [5.41, 5.74) is 1.97. The van der Waals surface area contributed by atoms with E-state index in [0.717, 1.165) is 22.0 Å². The molecule has 0 aliphatic rings. The third-order valence-corrected chi connectivity index (χ3v) is 3.38. The Morgan fingerprint density at radius 2 is 2.00 bits per heavy atom. The first kappa shape index (κ1) is 13.2. The zero-order valence-electron chi connectivity index (χ0n) is 8.24. The van der Waals surface area contributed by atoms with Crippen molar-refractivity contribution < 1.29 is 8.42 Å². The summed E-state index contributed by atoms with van der Waals surface area (Å²) in [5, 5.41) is 0. The van der Waals surface area contributed by atoms with Gasteiger partial charge < -0.3 is 0 Å². The molecule has 0 aliphatic carbocycles. The van der Waals surface area contributed by atoms with Gasteiger partial charge in [0.2, 0.25) is 0 Å². The van der Waals surface area contributed by atoms with E-state index >= 15 is 0 Å². The highest BCUT2D eigenvalue weighted by Crippen LogP contribution is 2.20. The van der Waals surface area contributed by atoms with E-state index in [0.29, 0.717) is 4.83 Å². The van der Waals surface area contributed by atoms with Gasteiger partial charge in [0.05, 0.1) is 5.75 Å². The zero-order chi connectivity index (χ0) is 11.4. The smallest absolute Gasteiger partial charge is 0.144 e. The monoisotopic (exact) mass is 354 g/mol. The summed E-state index contributed by atoms with van der Waals surface area (Å²) in [5.74, 6) is 0.123. The van der Waals surface area contributed by atoms with Crippen LogP contribution < -0.4 is 0 Å². The van der Waals surface area contributed by atoms with Crippen LogP contribution in [-0.2, 0) is 22.9 Å². The second-order valence-corrected chi connectivity index (χ2v) is 6.85. The van der Waals surface area contributed by atoms with E-state index in [4.69, 9.17) is 0 Å². The lowest BCUT2D eigenvalue weighted by Crippen LogP contribution is -2.02. The van der Waals surface area contributed by atoms with Gasteiger partial charge in [0.25, 0.3) is 0 Å². The summed E-state index contributed by atoms with van der Waals surface area (Å²) in [6, 6.07) is 5.71. The van der Waals surface area contributed by atoms with Crippen LogP contribution in [0.25, 0.3) is 0 Å². The third-order valence-electron chi connectivity index (χ3n) is 1.97. The van der Waals surface area contributed by atoms with E-state index in [2.05, 4.69) is 31.9 Å².